The Kier molecular flexibility index (Phi) is 2.81. The van der Waals surface area contributed by atoms with Crippen LogP contribution < -0.4 is 0 Å². The van der Waals surface area contributed by atoms with Gasteiger partial charge in [0.25, 0.3) is 0 Å². The number of rotatable bonds is 2. The SMILES string of the molecule is O=C(C1=COCC1)c1cc(Cl)sc1Cl. The standard InChI is InChI=1S/C9H6Cl2O2S/c10-7-3-6(9(11)14-7)8(12)5-1-2-13-4-5/h3-4H,1-2H2. The molecule has 0 N–H and O–H groups in total. The summed E-state index contributed by atoms with van der Waals surface area (Å²) in [5.41, 5.74) is 1.12. The van der Waals surface area contributed by atoms with Gasteiger partial charge in [0.15, 0.2) is 5.78 Å². The average molecular weight is 249 g/mol. The van der Waals surface area contributed by atoms with E-state index in [0.29, 0.717) is 32.8 Å². The maximum absolute atomic E-state index is 11.8. The molecule has 0 fully saturated rings. The molecule has 0 aliphatic carbocycles. The van der Waals surface area contributed by atoms with Gasteiger partial charge in [0, 0.05) is 12.0 Å². The first-order chi connectivity index (χ1) is 6.68. The van der Waals surface area contributed by atoms with Crippen LogP contribution in [-0.2, 0) is 4.74 Å². The summed E-state index contributed by atoms with van der Waals surface area (Å²) in [7, 11) is 0. The fraction of sp³-hybridized carbons (Fsp3) is 0.222. The zero-order valence-corrected chi connectivity index (χ0v) is 9.38. The second kappa shape index (κ2) is 3.93. The number of halogens is 2. The quantitative estimate of drug-likeness (QED) is 0.749. The van der Waals surface area contributed by atoms with E-state index in [0.717, 1.165) is 0 Å². The molecule has 0 unspecified atom stereocenters. The summed E-state index contributed by atoms with van der Waals surface area (Å²) >= 11 is 12.8. The summed E-state index contributed by atoms with van der Waals surface area (Å²) in [5.74, 6) is -0.0874. The highest BCUT2D eigenvalue weighted by atomic mass is 35.5. The van der Waals surface area contributed by atoms with Gasteiger partial charge in [-0.05, 0) is 6.07 Å². The zero-order valence-electron chi connectivity index (χ0n) is 7.05. The predicted octanol–water partition coefficient (Wildman–Crippen LogP) is 3.54. The Morgan fingerprint density at radius 1 is 1.50 bits per heavy atom. The molecule has 1 aromatic rings. The van der Waals surface area contributed by atoms with Crippen LogP contribution in [0.15, 0.2) is 17.9 Å². The van der Waals surface area contributed by atoms with Gasteiger partial charge in [0.05, 0.1) is 22.8 Å². The summed E-state index contributed by atoms with van der Waals surface area (Å²) in [6, 6.07) is 1.59. The molecule has 2 nitrogen and oxygen atoms in total. The van der Waals surface area contributed by atoms with Crippen LogP contribution in [0.25, 0.3) is 0 Å². The monoisotopic (exact) mass is 248 g/mol. The first-order valence-electron chi connectivity index (χ1n) is 3.98. The van der Waals surface area contributed by atoms with Gasteiger partial charge in [-0.3, -0.25) is 4.79 Å². The van der Waals surface area contributed by atoms with Crippen LogP contribution in [0.1, 0.15) is 16.8 Å². The van der Waals surface area contributed by atoms with Gasteiger partial charge in [-0.1, -0.05) is 23.2 Å². The van der Waals surface area contributed by atoms with Crippen LogP contribution in [-0.4, -0.2) is 12.4 Å². The summed E-state index contributed by atoms with van der Waals surface area (Å²) < 4.78 is 5.95. The number of carbonyl (C=O) groups excluding carboxylic acids is 1. The van der Waals surface area contributed by atoms with Crippen molar-refractivity contribution in [2.75, 3.05) is 6.61 Å². The molecule has 2 rings (SSSR count). The highest BCUT2D eigenvalue weighted by molar-refractivity contribution is 7.20. The Labute approximate surface area is 95.1 Å². The van der Waals surface area contributed by atoms with Gasteiger partial charge in [-0.25, -0.2) is 0 Å². The number of thiophene rings is 1. The molecule has 5 heteroatoms. The smallest absolute Gasteiger partial charge is 0.194 e. The predicted molar refractivity (Wildman–Crippen MR) is 57.3 cm³/mol. The molecule has 0 radical (unpaired) electrons. The Balaban J connectivity index is 2.30. The van der Waals surface area contributed by atoms with Gasteiger partial charge in [-0.2, -0.15) is 0 Å². The largest absolute Gasteiger partial charge is 0.500 e. The first-order valence-corrected chi connectivity index (χ1v) is 5.56. The lowest BCUT2D eigenvalue weighted by molar-refractivity contribution is 0.103. The molecule has 14 heavy (non-hydrogen) atoms. The molecular formula is C9H6Cl2O2S. The van der Waals surface area contributed by atoms with Crippen LogP contribution in [0.2, 0.25) is 8.67 Å². The van der Waals surface area contributed by atoms with Crippen LogP contribution in [0.4, 0.5) is 0 Å². The Morgan fingerprint density at radius 2 is 2.29 bits per heavy atom. The van der Waals surface area contributed by atoms with E-state index in [1.807, 2.05) is 0 Å². The lowest BCUT2D eigenvalue weighted by atomic mass is 10.1. The lowest BCUT2D eigenvalue weighted by Crippen LogP contribution is -2.00. The molecule has 0 amide bonds. The van der Waals surface area contributed by atoms with E-state index in [1.54, 1.807) is 6.07 Å². The van der Waals surface area contributed by atoms with Gasteiger partial charge in [-0.15, -0.1) is 11.3 Å². The van der Waals surface area contributed by atoms with Crippen LogP contribution >= 0.6 is 34.5 Å². The first kappa shape index (κ1) is 10.0. The molecule has 2 heterocycles. The van der Waals surface area contributed by atoms with Crippen LogP contribution in [0.5, 0.6) is 0 Å². The fourth-order valence-corrected chi connectivity index (χ4v) is 2.68. The molecule has 0 spiro atoms. The number of carbonyl (C=O) groups is 1. The molecule has 0 atom stereocenters. The topological polar surface area (TPSA) is 26.3 Å². The number of ketones is 1. The van der Waals surface area contributed by atoms with Crippen molar-refractivity contribution in [3.8, 4) is 0 Å². The number of Topliss-reactive ketones (excluding diaryl/α,β-unsaturated/α-hetero) is 1. The van der Waals surface area contributed by atoms with E-state index in [4.69, 9.17) is 27.9 Å². The third kappa shape index (κ3) is 1.80. The van der Waals surface area contributed by atoms with E-state index in [9.17, 15) is 4.79 Å². The number of ether oxygens (including phenoxy) is 1. The summed E-state index contributed by atoms with van der Waals surface area (Å²) in [6.07, 6.45) is 2.13. The third-order valence-corrected chi connectivity index (χ3v) is 3.40. The van der Waals surface area contributed by atoms with E-state index in [2.05, 4.69) is 0 Å². The van der Waals surface area contributed by atoms with Crippen molar-refractivity contribution in [1.82, 2.24) is 0 Å². The Bertz CT molecular complexity index is 409. The second-order valence-electron chi connectivity index (χ2n) is 2.83. The maximum atomic E-state index is 11.8. The fourth-order valence-electron chi connectivity index (χ4n) is 1.22. The van der Waals surface area contributed by atoms with E-state index in [1.165, 1.54) is 17.6 Å². The zero-order chi connectivity index (χ0) is 10.1. The van der Waals surface area contributed by atoms with Crippen molar-refractivity contribution < 1.29 is 9.53 Å². The minimum atomic E-state index is -0.0874. The summed E-state index contributed by atoms with van der Waals surface area (Å²) in [6.45, 7) is 0.566. The third-order valence-electron chi connectivity index (χ3n) is 1.91. The van der Waals surface area contributed by atoms with Crippen molar-refractivity contribution in [2.45, 2.75) is 6.42 Å². The molecule has 1 aromatic heterocycles. The van der Waals surface area contributed by atoms with Crippen molar-refractivity contribution in [3.63, 3.8) is 0 Å². The van der Waals surface area contributed by atoms with Gasteiger partial charge in [0.1, 0.15) is 4.34 Å². The van der Waals surface area contributed by atoms with E-state index >= 15 is 0 Å². The van der Waals surface area contributed by atoms with Crippen molar-refractivity contribution in [2.24, 2.45) is 0 Å². The van der Waals surface area contributed by atoms with E-state index in [-0.39, 0.29) is 5.78 Å². The highest BCUT2D eigenvalue weighted by Gasteiger charge is 2.20. The van der Waals surface area contributed by atoms with Gasteiger partial charge < -0.3 is 4.74 Å². The maximum Gasteiger partial charge on any atom is 0.194 e. The van der Waals surface area contributed by atoms with Crippen molar-refractivity contribution >= 4 is 40.3 Å². The van der Waals surface area contributed by atoms with Crippen molar-refractivity contribution in [3.05, 3.63) is 32.1 Å². The second-order valence-corrected chi connectivity index (χ2v) is 5.12. The number of hydrogen-bond donors (Lipinski definition) is 0. The van der Waals surface area contributed by atoms with Gasteiger partial charge in [0.2, 0.25) is 0 Å². The van der Waals surface area contributed by atoms with Crippen molar-refractivity contribution in [1.29, 1.82) is 0 Å². The Hall–Kier alpha value is -0.510. The van der Waals surface area contributed by atoms with Crippen LogP contribution in [0.3, 0.4) is 0 Å². The molecule has 0 bridgehead atoms. The van der Waals surface area contributed by atoms with E-state index < -0.39 is 0 Å². The molecule has 0 aromatic carbocycles. The summed E-state index contributed by atoms with van der Waals surface area (Å²) in [5, 5.41) is 0. The molecular weight excluding hydrogens is 243 g/mol. The average Bonchev–Trinajstić information content (AvgIpc) is 2.73. The molecule has 0 saturated carbocycles. The molecule has 74 valence electrons. The Morgan fingerprint density at radius 3 is 2.79 bits per heavy atom. The summed E-state index contributed by atoms with van der Waals surface area (Å²) in [4.78, 5) is 11.8. The number of hydrogen-bond acceptors (Lipinski definition) is 3. The minimum absolute atomic E-state index is 0.0874. The van der Waals surface area contributed by atoms with Gasteiger partial charge >= 0.3 is 0 Å². The van der Waals surface area contributed by atoms with Crippen LogP contribution in [0, 0.1) is 0 Å². The normalized spacial score (nSPS) is 15.1. The lowest BCUT2D eigenvalue weighted by Gasteiger charge is -1.96. The minimum Gasteiger partial charge on any atom is -0.500 e. The highest BCUT2D eigenvalue weighted by Crippen LogP contribution is 2.33. The molecule has 1 aliphatic heterocycles. The molecule has 0 saturated heterocycles. The molecule has 1 aliphatic rings.